The zero-order valence-corrected chi connectivity index (χ0v) is 16.3. The number of amides is 1. The van der Waals surface area contributed by atoms with Crippen LogP contribution in [0.2, 0.25) is 0 Å². The van der Waals surface area contributed by atoms with Gasteiger partial charge in [-0.25, -0.2) is 4.98 Å². The van der Waals surface area contributed by atoms with Crippen molar-refractivity contribution in [3.63, 3.8) is 0 Å². The normalized spacial score (nSPS) is 21.9. The van der Waals surface area contributed by atoms with E-state index in [0.717, 1.165) is 31.6 Å². The van der Waals surface area contributed by atoms with E-state index in [1.54, 1.807) is 12.3 Å². The molecule has 1 aliphatic heterocycles. The summed E-state index contributed by atoms with van der Waals surface area (Å²) in [6, 6.07) is 18.7. The number of pyridine rings is 1. The molecule has 0 bridgehead atoms. The molecule has 1 saturated carbocycles. The molecule has 1 amide bonds. The van der Waals surface area contributed by atoms with Crippen LogP contribution < -0.4 is 10.2 Å². The maximum Gasteiger partial charge on any atom is 0.251 e. The Balaban J connectivity index is 1.31. The van der Waals surface area contributed by atoms with Crippen LogP contribution >= 0.6 is 0 Å². The molecular weight excluding hydrogens is 362 g/mol. The quantitative estimate of drug-likeness (QED) is 0.719. The van der Waals surface area contributed by atoms with Gasteiger partial charge < -0.3 is 15.3 Å². The molecule has 5 heteroatoms. The molecule has 2 aromatic carbocycles. The zero-order valence-electron chi connectivity index (χ0n) is 16.3. The largest absolute Gasteiger partial charge is 0.391 e. The standard InChI is InChI=1S/C24H25N3O2/c28-22-15-27(23-14-19(9-11-25-23)24(29)26-20-7-8-20)12-10-21(22)18-6-5-16-3-1-2-4-17(16)13-18/h1-6,9,11,13-14,20-22,28H,7-8,10,12,15H2,(H,26,29)/t21-,22+/m0/s1. The lowest BCUT2D eigenvalue weighted by Crippen LogP contribution is -2.43. The number of aliphatic hydroxyl groups is 1. The molecule has 2 fully saturated rings. The number of hydrogen-bond acceptors (Lipinski definition) is 4. The van der Waals surface area contributed by atoms with Gasteiger partial charge in [0.25, 0.3) is 5.91 Å². The van der Waals surface area contributed by atoms with Crippen molar-refractivity contribution in [1.29, 1.82) is 0 Å². The number of nitrogens with zero attached hydrogens (tertiary/aromatic N) is 2. The number of piperidine rings is 1. The van der Waals surface area contributed by atoms with Gasteiger partial charge in [0.2, 0.25) is 0 Å². The maximum absolute atomic E-state index is 12.3. The van der Waals surface area contributed by atoms with Crippen LogP contribution in [0.15, 0.2) is 60.8 Å². The van der Waals surface area contributed by atoms with Crippen LogP contribution in [0.25, 0.3) is 10.8 Å². The Hall–Kier alpha value is -2.92. The fraction of sp³-hybridized carbons (Fsp3) is 0.333. The number of carbonyl (C=O) groups is 1. The van der Waals surface area contributed by atoms with Gasteiger partial charge in [0.1, 0.15) is 5.82 Å². The number of β-amino-alcohol motifs (C(OH)–C–C–N with tert-alkyl or cyclic N) is 1. The Bertz CT molecular complexity index is 1050. The van der Waals surface area contributed by atoms with Crippen molar-refractivity contribution in [2.45, 2.75) is 37.3 Å². The summed E-state index contributed by atoms with van der Waals surface area (Å²) >= 11 is 0. The molecule has 5 rings (SSSR count). The van der Waals surface area contributed by atoms with E-state index in [2.05, 4.69) is 45.5 Å². The fourth-order valence-corrected chi connectivity index (χ4v) is 4.20. The molecule has 1 saturated heterocycles. The number of fused-ring (bicyclic) bond motifs is 1. The number of carbonyl (C=O) groups excluding carboxylic acids is 1. The molecule has 148 valence electrons. The van der Waals surface area contributed by atoms with E-state index >= 15 is 0 Å². The van der Waals surface area contributed by atoms with Crippen LogP contribution in [-0.4, -0.2) is 41.2 Å². The van der Waals surface area contributed by atoms with E-state index in [-0.39, 0.29) is 11.8 Å². The molecule has 0 radical (unpaired) electrons. The van der Waals surface area contributed by atoms with Crippen LogP contribution in [-0.2, 0) is 0 Å². The lowest BCUT2D eigenvalue weighted by molar-refractivity contribution is 0.0951. The lowest BCUT2D eigenvalue weighted by Gasteiger charge is -2.37. The third kappa shape index (κ3) is 3.83. The molecule has 2 atom stereocenters. The van der Waals surface area contributed by atoms with Crippen molar-refractivity contribution >= 4 is 22.5 Å². The molecule has 2 heterocycles. The minimum atomic E-state index is -0.476. The highest BCUT2D eigenvalue weighted by Gasteiger charge is 2.30. The number of hydrogen-bond donors (Lipinski definition) is 2. The van der Waals surface area contributed by atoms with Gasteiger partial charge in [0, 0.05) is 36.8 Å². The van der Waals surface area contributed by atoms with Gasteiger partial charge in [0.05, 0.1) is 6.10 Å². The molecule has 1 aliphatic carbocycles. The van der Waals surface area contributed by atoms with E-state index in [9.17, 15) is 9.90 Å². The topological polar surface area (TPSA) is 65.5 Å². The smallest absolute Gasteiger partial charge is 0.251 e. The molecule has 3 aromatic rings. The van der Waals surface area contributed by atoms with Gasteiger partial charge >= 0.3 is 0 Å². The van der Waals surface area contributed by atoms with Crippen molar-refractivity contribution in [2.75, 3.05) is 18.0 Å². The van der Waals surface area contributed by atoms with Crippen molar-refractivity contribution in [2.24, 2.45) is 0 Å². The predicted octanol–water partition coefficient (Wildman–Crippen LogP) is 3.48. The Morgan fingerprint density at radius 2 is 1.86 bits per heavy atom. The van der Waals surface area contributed by atoms with Crippen molar-refractivity contribution < 1.29 is 9.90 Å². The first-order valence-electron chi connectivity index (χ1n) is 10.4. The van der Waals surface area contributed by atoms with Gasteiger partial charge in [0.15, 0.2) is 0 Å². The van der Waals surface area contributed by atoms with Gasteiger partial charge in [-0.2, -0.15) is 0 Å². The van der Waals surface area contributed by atoms with E-state index in [1.165, 1.54) is 16.3 Å². The highest BCUT2D eigenvalue weighted by Crippen LogP contribution is 2.32. The highest BCUT2D eigenvalue weighted by molar-refractivity contribution is 5.95. The lowest BCUT2D eigenvalue weighted by atomic mass is 9.86. The molecule has 2 aliphatic rings. The summed E-state index contributed by atoms with van der Waals surface area (Å²) in [7, 11) is 0. The van der Waals surface area contributed by atoms with E-state index in [1.807, 2.05) is 18.2 Å². The first-order chi connectivity index (χ1) is 14.2. The monoisotopic (exact) mass is 387 g/mol. The summed E-state index contributed by atoms with van der Waals surface area (Å²) in [5.41, 5.74) is 1.81. The second-order valence-corrected chi connectivity index (χ2v) is 8.17. The number of aliphatic hydroxyl groups excluding tert-OH is 1. The fourth-order valence-electron chi connectivity index (χ4n) is 4.20. The molecular formula is C24H25N3O2. The molecule has 29 heavy (non-hydrogen) atoms. The first kappa shape index (κ1) is 18.1. The molecule has 5 nitrogen and oxygen atoms in total. The molecule has 1 aromatic heterocycles. The van der Waals surface area contributed by atoms with Crippen molar-refractivity contribution in [3.05, 3.63) is 71.9 Å². The summed E-state index contributed by atoms with van der Waals surface area (Å²) in [5, 5.41) is 16.3. The number of benzene rings is 2. The summed E-state index contributed by atoms with van der Waals surface area (Å²) < 4.78 is 0. The minimum absolute atomic E-state index is 0.0391. The highest BCUT2D eigenvalue weighted by atomic mass is 16.3. The van der Waals surface area contributed by atoms with E-state index in [4.69, 9.17) is 0 Å². The van der Waals surface area contributed by atoms with Crippen LogP contribution in [0.4, 0.5) is 5.82 Å². The van der Waals surface area contributed by atoms with Gasteiger partial charge in [-0.15, -0.1) is 0 Å². The third-order valence-electron chi connectivity index (χ3n) is 6.03. The summed E-state index contributed by atoms with van der Waals surface area (Å²) in [6.45, 7) is 1.31. The van der Waals surface area contributed by atoms with Crippen LogP contribution in [0.5, 0.6) is 0 Å². The Kier molecular flexibility index (Phi) is 4.68. The van der Waals surface area contributed by atoms with Gasteiger partial charge in [-0.05, 0) is 47.7 Å². The second-order valence-electron chi connectivity index (χ2n) is 8.17. The number of nitrogens with one attached hydrogen (secondary N) is 1. The second kappa shape index (κ2) is 7.48. The van der Waals surface area contributed by atoms with Gasteiger partial charge in [-0.3, -0.25) is 4.79 Å². The SMILES string of the molecule is O=C(NC1CC1)c1ccnc(N2CC[C@@H](c3ccc4ccccc4c3)[C@H](O)C2)c1. The summed E-state index contributed by atoms with van der Waals surface area (Å²) in [4.78, 5) is 18.9. The van der Waals surface area contributed by atoms with Crippen LogP contribution in [0.1, 0.15) is 41.1 Å². The molecule has 0 spiro atoms. The number of aromatic nitrogens is 1. The third-order valence-corrected chi connectivity index (χ3v) is 6.03. The van der Waals surface area contributed by atoms with E-state index < -0.39 is 6.10 Å². The molecule has 2 N–H and O–H groups in total. The molecule has 0 unspecified atom stereocenters. The predicted molar refractivity (Wildman–Crippen MR) is 114 cm³/mol. The first-order valence-corrected chi connectivity index (χ1v) is 10.4. The average molecular weight is 387 g/mol. The Morgan fingerprint density at radius 1 is 1.03 bits per heavy atom. The van der Waals surface area contributed by atoms with Crippen LogP contribution in [0.3, 0.4) is 0 Å². The number of anilines is 1. The maximum atomic E-state index is 12.3. The average Bonchev–Trinajstić information content (AvgIpc) is 3.57. The Labute approximate surface area is 170 Å². The van der Waals surface area contributed by atoms with Crippen molar-refractivity contribution in [1.82, 2.24) is 10.3 Å². The van der Waals surface area contributed by atoms with Crippen LogP contribution in [0, 0.1) is 0 Å². The number of rotatable bonds is 4. The zero-order chi connectivity index (χ0) is 19.8. The minimum Gasteiger partial charge on any atom is -0.391 e. The van der Waals surface area contributed by atoms with Gasteiger partial charge in [-0.1, -0.05) is 42.5 Å². The summed E-state index contributed by atoms with van der Waals surface area (Å²) in [6.07, 6.45) is 4.19. The van der Waals surface area contributed by atoms with E-state index in [0.29, 0.717) is 18.2 Å². The Morgan fingerprint density at radius 3 is 2.66 bits per heavy atom. The van der Waals surface area contributed by atoms with Crippen molar-refractivity contribution in [3.8, 4) is 0 Å². The summed E-state index contributed by atoms with van der Waals surface area (Å²) in [5.74, 6) is 0.824.